The predicted molar refractivity (Wildman–Crippen MR) is 87.3 cm³/mol. The van der Waals surface area contributed by atoms with Gasteiger partial charge < -0.3 is 10.2 Å². The Morgan fingerprint density at radius 2 is 2.15 bits per heavy atom. The summed E-state index contributed by atoms with van der Waals surface area (Å²) in [5.41, 5.74) is 4.36. The van der Waals surface area contributed by atoms with E-state index < -0.39 is 0 Å². The van der Waals surface area contributed by atoms with Gasteiger partial charge in [0.1, 0.15) is 0 Å². The quantitative estimate of drug-likeness (QED) is 0.916. The van der Waals surface area contributed by atoms with Gasteiger partial charge in [0.15, 0.2) is 0 Å². The van der Waals surface area contributed by atoms with E-state index in [0.717, 1.165) is 26.1 Å². The molecule has 1 atom stereocenters. The van der Waals surface area contributed by atoms with Crippen molar-refractivity contribution in [3.63, 3.8) is 0 Å². The Morgan fingerprint density at radius 3 is 2.90 bits per heavy atom. The lowest BCUT2D eigenvalue weighted by Gasteiger charge is -2.34. The van der Waals surface area contributed by atoms with Crippen LogP contribution in [0.25, 0.3) is 0 Å². The zero-order valence-corrected chi connectivity index (χ0v) is 13.0. The largest absolute Gasteiger partial charge is 0.365 e. The average molecular weight is 286 g/mol. The molecule has 1 aliphatic heterocycles. The first-order valence-electron chi connectivity index (χ1n) is 7.29. The van der Waals surface area contributed by atoms with Crippen molar-refractivity contribution in [1.82, 2.24) is 5.32 Å². The fourth-order valence-corrected chi connectivity index (χ4v) is 3.48. The normalized spacial score (nSPS) is 22.4. The molecule has 0 amide bonds. The number of para-hydroxylation sites is 1. The molecule has 0 aliphatic carbocycles. The van der Waals surface area contributed by atoms with Gasteiger partial charge in [-0.3, -0.25) is 0 Å². The molecule has 0 bridgehead atoms. The summed E-state index contributed by atoms with van der Waals surface area (Å²) in [4.78, 5) is 2.53. The lowest BCUT2D eigenvalue weighted by atomic mass is 9.98. The molecule has 0 saturated heterocycles. The minimum atomic E-state index is 0.176. The summed E-state index contributed by atoms with van der Waals surface area (Å²) in [7, 11) is 0. The third-order valence-corrected chi connectivity index (χ3v) is 5.04. The van der Waals surface area contributed by atoms with E-state index in [0.29, 0.717) is 0 Å². The molecule has 1 aromatic carbocycles. The molecular weight excluding hydrogens is 264 g/mol. The topological polar surface area (TPSA) is 15.3 Å². The molecule has 1 unspecified atom stereocenters. The summed E-state index contributed by atoms with van der Waals surface area (Å²) in [5, 5.41) is 8.15. The SMILES string of the molecule is CCC1(C)CN(Cc2ccsc2)c2ccccc2CN1. The summed E-state index contributed by atoms with van der Waals surface area (Å²) in [5.74, 6) is 0. The van der Waals surface area contributed by atoms with Gasteiger partial charge in [0.05, 0.1) is 0 Å². The number of benzene rings is 1. The number of hydrogen-bond acceptors (Lipinski definition) is 3. The van der Waals surface area contributed by atoms with Gasteiger partial charge in [-0.15, -0.1) is 0 Å². The second kappa shape index (κ2) is 5.58. The maximum Gasteiger partial charge on any atom is 0.0438 e. The fraction of sp³-hybridized carbons (Fsp3) is 0.412. The molecule has 0 fully saturated rings. The van der Waals surface area contributed by atoms with E-state index in [-0.39, 0.29) is 5.54 Å². The number of nitrogens with zero attached hydrogens (tertiary/aromatic N) is 1. The second-order valence-electron chi connectivity index (χ2n) is 5.88. The van der Waals surface area contributed by atoms with Gasteiger partial charge in [0.2, 0.25) is 0 Å². The summed E-state index contributed by atoms with van der Waals surface area (Å²) in [6.45, 7) is 7.61. The third-order valence-electron chi connectivity index (χ3n) is 4.31. The number of thiophene rings is 1. The molecule has 1 N–H and O–H groups in total. The van der Waals surface area contributed by atoms with Crippen molar-refractivity contribution in [2.75, 3.05) is 11.4 Å². The van der Waals surface area contributed by atoms with Crippen LogP contribution in [-0.2, 0) is 13.1 Å². The van der Waals surface area contributed by atoms with Crippen LogP contribution in [0.3, 0.4) is 0 Å². The van der Waals surface area contributed by atoms with E-state index in [1.54, 1.807) is 11.3 Å². The second-order valence-corrected chi connectivity index (χ2v) is 6.66. The van der Waals surface area contributed by atoms with E-state index in [1.807, 2.05) is 0 Å². The van der Waals surface area contributed by atoms with Crippen molar-refractivity contribution in [2.45, 2.75) is 38.9 Å². The van der Waals surface area contributed by atoms with E-state index in [2.05, 4.69) is 65.2 Å². The molecule has 0 saturated carbocycles. The predicted octanol–water partition coefficient (Wildman–Crippen LogP) is 4.03. The van der Waals surface area contributed by atoms with E-state index >= 15 is 0 Å². The van der Waals surface area contributed by atoms with Gasteiger partial charge in [0, 0.05) is 30.9 Å². The Kier molecular flexibility index (Phi) is 3.81. The number of rotatable bonds is 3. The third kappa shape index (κ3) is 2.74. The van der Waals surface area contributed by atoms with Crippen molar-refractivity contribution in [2.24, 2.45) is 0 Å². The first kappa shape index (κ1) is 13.7. The Balaban J connectivity index is 1.94. The molecule has 2 nitrogen and oxygen atoms in total. The van der Waals surface area contributed by atoms with Gasteiger partial charge >= 0.3 is 0 Å². The highest BCUT2D eigenvalue weighted by molar-refractivity contribution is 7.07. The molecule has 1 aliphatic rings. The summed E-state index contributed by atoms with van der Waals surface area (Å²) in [6.07, 6.45) is 1.14. The standard InChI is InChI=1S/C17H22N2S/c1-3-17(2)13-19(11-14-8-9-20-12-14)16-7-5-4-6-15(16)10-18-17/h4-9,12,18H,3,10-11,13H2,1-2H3. The Labute approximate surface area is 125 Å². The Bertz CT molecular complexity index is 564. The van der Waals surface area contributed by atoms with Gasteiger partial charge in [-0.25, -0.2) is 0 Å². The molecule has 3 heteroatoms. The summed E-state index contributed by atoms with van der Waals surface area (Å²) in [6, 6.07) is 11.0. The molecule has 2 heterocycles. The fourth-order valence-electron chi connectivity index (χ4n) is 2.82. The Hall–Kier alpha value is -1.32. The number of fused-ring (bicyclic) bond motifs is 1. The van der Waals surface area contributed by atoms with Crippen LogP contribution in [0.4, 0.5) is 5.69 Å². The lowest BCUT2D eigenvalue weighted by Crippen LogP contribution is -2.48. The van der Waals surface area contributed by atoms with Crippen molar-refractivity contribution in [3.8, 4) is 0 Å². The molecule has 106 valence electrons. The highest BCUT2D eigenvalue weighted by Crippen LogP contribution is 2.29. The van der Waals surface area contributed by atoms with Crippen LogP contribution in [0, 0.1) is 0 Å². The highest BCUT2D eigenvalue weighted by Gasteiger charge is 2.29. The molecule has 20 heavy (non-hydrogen) atoms. The van der Waals surface area contributed by atoms with Crippen LogP contribution >= 0.6 is 11.3 Å². The van der Waals surface area contributed by atoms with Crippen LogP contribution in [0.15, 0.2) is 41.1 Å². The smallest absolute Gasteiger partial charge is 0.0438 e. The number of anilines is 1. The van der Waals surface area contributed by atoms with Crippen molar-refractivity contribution < 1.29 is 0 Å². The molecule has 1 aromatic heterocycles. The first-order chi connectivity index (χ1) is 9.70. The molecule has 0 spiro atoms. The van der Waals surface area contributed by atoms with Crippen LogP contribution in [0.5, 0.6) is 0 Å². The van der Waals surface area contributed by atoms with Gasteiger partial charge in [-0.05, 0) is 47.4 Å². The lowest BCUT2D eigenvalue weighted by molar-refractivity contribution is 0.349. The van der Waals surface area contributed by atoms with E-state index in [1.165, 1.54) is 16.8 Å². The molecule has 0 radical (unpaired) electrons. The van der Waals surface area contributed by atoms with Gasteiger partial charge in [-0.1, -0.05) is 25.1 Å². The number of hydrogen-bond donors (Lipinski definition) is 1. The van der Waals surface area contributed by atoms with Gasteiger partial charge in [-0.2, -0.15) is 11.3 Å². The van der Waals surface area contributed by atoms with Crippen molar-refractivity contribution >= 4 is 17.0 Å². The highest BCUT2D eigenvalue weighted by atomic mass is 32.1. The maximum atomic E-state index is 3.73. The minimum absolute atomic E-state index is 0.176. The zero-order valence-electron chi connectivity index (χ0n) is 12.2. The molecule has 3 rings (SSSR count). The summed E-state index contributed by atoms with van der Waals surface area (Å²) >= 11 is 1.78. The Morgan fingerprint density at radius 1 is 1.30 bits per heavy atom. The van der Waals surface area contributed by atoms with Crippen LogP contribution in [-0.4, -0.2) is 12.1 Å². The average Bonchev–Trinajstić information content (AvgIpc) is 2.93. The van der Waals surface area contributed by atoms with Crippen molar-refractivity contribution in [3.05, 3.63) is 52.2 Å². The molecular formula is C17H22N2S. The van der Waals surface area contributed by atoms with Crippen LogP contribution in [0.2, 0.25) is 0 Å². The van der Waals surface area contributed by atoms with Crippen LogP contribution in [0.1, 0.15) is 31.4 Å². The monoisotopic (exact) mass is 286 g/mol. The molecule has 2 aromatic rings. The van der Waals surface area contributed by atoms with E-state index in [4.69, 9.17) is 0 Å². The van der Waals surface area contributed by atoms with Crippen LogP contribution < -0.4 is 10.2 Å². The summed E-state index contributed by atoms with van der Waals surface area (Å²) < 4.78 is 0. The van der Waals surface area contributed by atoms with E-state index in [9.17, 15) is 0 Å². The number of nitrogens with one attached hydrogen (secondary N) is 1. The minimum Gasteiger partial charge on any atom is -0.365 e. The first-order valence-corrected chi connectivity index (χ1v) is 8.23. The zero-order chi connectivity index (χ0) is 14.0. The van der Waals surface area contributed by atoms with Crippen molar-refractivity contribution in [1.29, 1.82) is 0 Å². The maximum absolute atomic E-state index is 3.73. The van der Waals surface area contributed by atoms with Gasteiger partial charge in [0.25, 0.3) is 0 Å².